The van der Waals surface area contributed by atoms with Gasteiger partial charge in [0, 0.05) is 15.7 Å². The minimum Gasteiger partial charge on any atom is -0.490 e. The summed E-state index contributed by atoms with van der Waals surface area (Å²) in [5, 5.41) is 3.20. The summed E-state index contributed by atoms with van der Waals surface area (Å²) in [6.45, 7) is 12.0. The Morgan fingerprint density at radius 2 is 1.64 bits per heavy atom. The molecular weight excluding hydrogens is 774 g/mol. The van der Waals surface area contributed by atoms with E-state index in [1.54, 1.807) is 43.4 Å². The Bertz CT molecular complexity index is 2100. The molecule has 0 aromatic heterocycles. The van der Waals surface area contributed by atoms with Crippen molar-refractivity contribution in [3.8, 4) is 11.5 Å². The number of carbonyl (C=O) groups is 3. The van der Waals surface area contributed by atoms with E-state index < -0.39 is 17.9 Å². The van der Waals surface area contributed by atoms with Crippen LogP contribution in [-0.4, -0.2) is 40.1 Å². The summed E-state index contributed by atoms with van der Waals surface area (Å²) in [6, 6.07) is 30.4. The first-order valence-corrected chi connectivity index (χ1v) is 19.5. The third-order valence-electron chi connectivity index (χ3n) is 8.34. The van der Waals surface area contributed by atoms with Gasteiger partial charge < -0.3 is 14.8 Å². The van der Waals surface area contributed by atoms with Gasteiger partial charge in [-0.1, -0.05) is 131 Å². The molecule has 0 spiro atoms. The quantitative estimate of drug-likeness (QED) is 0.0524. The van der Waals surface area contributed by atoms with Gasteiger partial charge in [-0.25, -0.2) is 0 Å². The van der Waals surface area contributed by atoms with Gasteiger partial charge in [0.25, 0.3) is 11.8 Å². The lowest BCUT2D eigenvalue weighted by molar-refractivity contribution is -0.126. The second kappa shape index (κ2) is 20.1. The van der Waals surface area contributed by atoms with Gasteiger partial charge in [-0.15, -0.1) is 6.58 Å². The number of benzene rings is 4. The second-order valence-corrected chi connectivity index (χ2v) is 14.0. The van der Waals surface area contributed by atoms with Crippen LogP contribution in [0, 0.1) is 0 Å². The maximum atomic E-state index is 14.3. The van der Waals surface area contributed by atoms with E-state index >= 15 is 0 Å². The third kappa shape index (κ3) is 10.7. The largest absolute Gasteiger partial charge is 0.490 e. The molecule has 0 atom stereocenters. The average molecular weight is 817 g/mol. The van der Waals surface area contributed by atoms with E-state index in [4.69, 9.17) is 9.47 Å². The number of nitrogens with zero attached hydrogens (tertiary/aromatic N) is 2. The summed E-state index contributed by atoms with van der Waals surface area (Å²) in [7, 11) is 0. The molecule has 55 heavy (non-hydrogen) atoms. The smallest absolute Gasteiger partial charge is 0.285 e. The molecule has 0 radical (unpaired) electrons. The first-order valence-electron chi connectivity index (χ1n) is 17.7. The van der Waals surface area contributed by atoms with Gasteiger partial charge in [-0.3, -0.25) is 19.3 Å². The minimum atomic E-state index is -0.724. The van der Waals surface area contributed by atoms with Crippen molar-refractivity contribution < 1.29 is 23.9 Å². The molecule has 0 aliphatic carbocycles. The van der Waals surface area contributed by atoms with Crippen molar-refractivity contribution in [2.45, 2.75) is 32.9 Å². The Hall–Kier alpha value is -5.71. The monoisotopic (exact) mass is 815 g/mol. The molecule has 1 N–H and O–H groups in total. The number of amidine groups is 1. The molecule has 3 amide bonds. The Kier molecular flexibility index (Phi) is 14.8. The van der Waals surface area contributed by atoms with Crippen molar-refractivity contribution in [3.05, 3.63) is 184 Å². The van der Waals surface area contributed by atoms with Crippen LogP contribution in [0.2, 0.25) is 0 Å². The Balaban J connectivity index is 1.45. The number of allylic oxidation sites excluding steroid dienone is 5. The summed E-state index contributed by atoms with van der Waals surface area (Å²) in [4.78, 5) is 47.3. The summed E-state index contributed by atoms with van der Waals surface area (Å²) in [5.74, 6) is -0.686. The lowest BCUT2D eigenvalue weighted by Gasteiger charge is -2.28. The van der Waals surface area contributed by atoms with E-state index in [2.05, 4.69) is 39.4 Å². The van der Waals surface area contributed by atoms with Gasteiger partial charge in [0.1, 0.15) is 12.2 Å². The molecule has 4 aromatic carbocycles. The Labute approximate surface area is 335 Å². The highest BCUT2D eigenvalue weighted by molar-refractivity contribution is 9.10. The molecule has 4 aromatic rings. The number of carbonyl (C=O) groups excluding carboxylic acids is 3. The van der Waals surface area contributed by atoms with Crippen molar-refractivity contribution in [3.63, 3.8) is 0 Å². The van der Waals surface area contributed by atoms with Crippen molar-refractivity contribution in [1.82, 2.24) is 10.2 Å². The van der Waals surface area contributed by atoms with Crippen molar-refractivity contribution in [2.75, 3.05) is 12.4 Å². The highest BCUT2D eigenvalue weighted by Crippen LogP contribution is 2.36. The zero-order valence-corrected chi connectivity index (χ0v) is 33.1. The zero-order chi connectivity index (χ0) is 39.2. The number of halogens is 1. The normalized spacial score (nSPS) is 14.0. The standard InChI is InChI=1S/C45H42BrN3O5S/c1-5-9-21-37(7-3)49-44(52)38(27-32-26-35(16-6-2)42(39(28-32)53-8-4)54-29-31-22-24-36(46)25-23-31)43(51)48-45(49)55-30-40(50)47-41(33-17-12-10-13-18-33)34-19-14-11-15-20-34/h5-7,9-15,17-28,41H,1-2,8,16,29-30H2,3-4H3,(H,47,50)/b21-9-,37-7+,38-27+. The molecular formula is C45H42BrN3O5S. The van der Waals surface area contributed by atoms with Gasteiger partial charge in [0.05, 0.1) is 18.4 Å². The predicted molar refractivity (Wildman–Crippen MR) is 226 cm³/mol. The number of thioether (sulfide) groups is 1. The lowest BCUT2D eigenvalue weighted by atomic mass is 9.99. The van der Waals surface area contributed by atoms with Gasteiger partial charge >= 0.3 is 0 Å². The van der Waals surface area contributed by atoms with Crippen LogP contribution in [0.4, 0.5) is 0 Å². The Morgan fingerprint density at radius 1 is 0.964 bits per heavy atom. The number of rotatable bonds is 16. The molecule has 0 fully saturated rings. The number of ether oxygens (including phenoxy) is 2. The zero-order valence-electron chi connectivity index (χ0n) is 30.7. The summed E-state index contributed by atoms with van der Waals surface area (Å²) >= 11 is 4.47. The summed E-state index contributed by atoms with van der Waals surface area (Å²) in [5.41, 5.74) is 4.45. The molecule has 5 rings (SSSR count). The predicted octanol–water partition coefficient (Wildman–Crippen LogP) is 9.55. The van der Waals surface area contributed by atoms with E-state index in [-0.39, 0.29) is 22.4 Å². The molecule has 0 unspecified atom stereocenters. The second-order valence-electron chi connectivity index (χ2n) is 12.2. The number of aliphatic imine (C=N–C) groups is 1. The van der Waals surface area contributed by atoms with E-state index in [9.17, 15) is 14.4 Å². The SMILES string of the molecule is C=C/C=C\C(=C/C)N1C(=O)/C(=C/c2cc(CC=C)c(OCc3ccc(Br)cc3)c(OCC)c2)C(=O)N=C1SCC(=O)NC(c1ccccc1)c1ccccc1. The minimum absolute atomic E-state index is 0.0825. The number of hydrogen-bond donors (Lipinski definition) is 1. The van der Waals surface area contributed by atoms with Crippen LogP contribution < -0.4 is 14.8 Å². The molecule has 0 saturated heterocycles. The molecule has 280 valence electrons. The molecule has 0 bridgehead atoms. The van der Waals surface area contributed by atoms with E-state index in [1.807, 2.05) is 97.9 Å². The molecule has 1 heterocycles. The van der Waals surface area contributed by atoms with Gasteiger partial charge in [0.2, 0.25) is 5.91 Å². The first-order chi connectivity index (χ1) is 26.8. The Morgan fingerprint density at radius 3 is 2.24 bits per heavy atom. The molecule has 10 heteroatoms. The van der Waals surface area contributed by atoms with E-state index in [0.29, 0.717) is 42.4 Å². The third-order valence-corrected chi connectivity index (χ3v) is 9.81. The highest BCUT2D eigenvalue weighted by Gasteiger charge is 2.35. The molecule has 8 nitrogen and oxygen atoms in total. The maximum absolute atomic E-state index is 14.3. The topological polar surface area (TPSA) is 97.3 Å². The van der Waals surface area contributed by atoms with Crippen LogP contribution in [0.3, 0.4) is 0 Å². The summed E-state index contributed by atoms with van der Waals surface area (Å²) in [6.07, 6.45) is 10.4. The van der Waals surface area contributed by atoms with Crippen LogP contribution in [0.5, 0.6) is 11.5 Å². The van der Waals surface area contributed by atoms with Crippen LogP contribution in [0.1, 0.15) is 47.7 Å². The maximum Gasteiger partial charge on any atom is 0.285 e. The first kappa shape index (κ1) is 40.5. The highest BCUT2D eigenvalue weighted by atomic mass is 79.9. The van der Waals surface area contributed by atoms with Crippen LogP contribution in [0.25, 0.3) is 6.08 Å². The van der Waals surface area contributed by atoms with Crippen LogP contribution >= 0.6 is 27.7 Å². The molecule has 1 aliphatic rings. The van der Waals surface area contributed by atoms with Crippen LogP contribution in [-0.2, 0) is 27.4 Å². The fourth-order valence-electron chi connectivity index (χ4n) is 5.80. The van der Waals surface area contributed by atoms with Gasteiger partial charge in [-0.2, -0.15) is 4.99 Å². The van der Waals surface area contributed by atoms with Crippen LogP contribution in [0.15, 0.2) is 161 Å². The van der Waals surface area contributed by atoms with Crippen molar-refractivity contribution in [1.29, 1.82) is 0 Å². The lowest BCUT2D eigenvalue weighted by Crippen LogP contribution is -2.42. The van der Waals surface area contributed by atoms with E-state index in [1.165, 1.54) is 11.0 Å². The number of amides is 3. The molecule has 0 saturated carbocycles. The number of nitrogens with one attached hydrogen (secondary N) is 1. The molecule has 1 aliphatic heterocycles. The van der Waals surface area contributed by atoms with E-state index in [0.717, 1.165) is 38.5 Å². The number of hydrogen-bond acceptors (Lipinski definition) is 6. The fourth-order valence-corrected chi connectivity index (χ4v) is 6.87. The van der Waals surface area contributed by atoms with Crippen molar-refractivity contribution >= 4 is 56.7 Å². The average Bonchev–Trinajstić information content (AvgIpc) is 3.20. The van der Waals surface area contributed by atoms with Crippen molar-refractivity contribution in [2.24, 2.45) is 4.99 Å². The fraction of sp³-hybridized carbons (Fsp3) is 0.156. The summed E-state index contributed by atoms with van der Waals surface area (Å²) < 4.78 is 13.3. The van der Waals surface area contributed by atoms with Gasteiger partial charge in [0.15, 0.2) is 16.7 Å². The van der Waals surface area contributed by atoms with Gasteiger partial charge in [-0.05, 0) is 78.9 Å².